The van der Waals surface area contributed by atoms with E-state index in [1.807, 2.05) is 0 Å². The summed E-state index contributed by atoms with van der Waals surface area (Å²) in [4.78, 5) is 12.8. The first kappa shape index (κ1) is 13.7. The van der Waals surface area contributed by atoms with Crippen LogP contribution in [0.4, 0.5) is 13.2 Å². The molecule has 0 saturated heterocycles. The molecule has 0 radical (unpaired) electrons. The number of aromatic amines is 1. The molecule has 102 valence electrons. The van der Waals surface area contributed by atoms with Gasteiger partial charge in [-0.15, -0.1) is 0 Å². The van der Waals surface area contributed by atoms with Crippen molar-refractivity contribution < 1.29 is 23.1 Å². The van der Waals surface area contributed by atoms with Crippen molar-refractivity contribution >= 4 is 28.5 Å². The summed E-state index contributed by atoms with van der Waals surface area (Å²) in [6.07, 6.45) is -5.13. The highest BCUT2D eigenvalue weighted by Crippen LogP contribution is 2.36. The molecular weight excluding hydrogens is 283 g/mol. The van der Waals surface area contributed by atoms with Crippen LogP contribution in [0.2, 0.25) is 5.02 Å². The van der Waals surface area contributed by atoms with Crippen LogP contribution in [0.3, 0.4) is 0 Å². The lowest BCUT2D eigenvalue weighted by Crippen LogP contribution is -2.10. The molecule has 2 aromatic rings. The number of carboxylic acids is 1. The van der Waals surface area contributed by atoms with Crippen LogP contribution in [-0.4, -0.2) is 16.1 Å². The van der Waals surface area contributed by atoms with Crippen molar-refractivity contribution in [2.24, 2.45) is 0 Å². The van der Waals surface area contributed by atoms with E-state index in [0.717, 1.165) is 0 Å². The van der Waals surface area contributed by atoms with Gasteiger partial charge in [0.25, 0.3) is 0 Å². The lowest BCUT2D eigenvalue weighted by molar-refractivity contribution is -0.142. The first-order valence-corrected chi connectivity index (χ1v) is 5.76. The van der Waals surface area contributed by atoms with Crippen molar-refractivity contribution in [3.05, 3.63) is 34.5 Å². The maximum atomic E-state index is 12.9. The van der Waals surface area contributed by atoms with Gasteiger partial charge in [0.05, 0.1) is 0 Å². The van der Waals surface area contributed by atoms with Crippen LogP contribution >= 0.6 is 11.6 Å². The summed E-state index contributed by atoms with van der Waals surface area (Å²) in [6.45, 7) is 0. The normalized spacial score (nSPS) is 12.0. The molecule has 0 unspecified atom stereocenters. The second kappa shape index (κ2) is 4.77. The van der Waals surface area contributed by atoms with Gasteiger partial charge in [-0.3, -0.25) is 4.79 Å². The summed E-state index contributed by atoms with van der Waals surface area (Å²) in [5, 5.41) is 9.22. The Hall–Kier alpha value is -1.69. The Kier molecular flexibility index (Phi) is 3.45. The zero-order valence-corrected chi connectivity index (χ0v) is 10.3. The zero-order chi connectivity index (χ0) is 14.2. The number of carbonyl (C=O) groups is 1. The Morgan fingerprint density at radius 3 is 2.63 bits per heavy atom. The number of fused-ring (bicyclic) bond motifs is 1. The van der Waals surface area contributed by atoms with Crippen LogP contribution < -0.4 is 0 Å². The van der Waals surface area contributed by atoms with Gasteiger partial charge in [0.15, 0.2) is 0 Å². The van der Waals surface area contributed by atoms with Gasteiger partial charge >= 0.3 is 12.1 Å². The molecule has 0 amide bonds. The number of halogens is 4. The van der Waals surface area contributed by atoms with Crippen molar-refractivity contribution in [2.75, 3.05) is 0 Å². The molecule has 0 atom stereocenters. The van der Waals surface area contributed by atoms with E-state index in [2.05, 4.69) is 4.98 Å². The van der Waals surface area contributed by atoms with Crippen molar-refractivity contribution in [3.63, 3.8) is 0 Å². The Bertz CT molecular complexity index is 634. The monoisotopic (exact) mass is 291 g/mol. The lowest BCUT2D eigenvalue weighted by atomic mass is 10.1. The van der Waals surface area contributed by atoms with Crippen LogP contribution in [0.1, 0.15) is 17.7 Å². The minimum atomic E-state index is -4.56. The predicted molar refractivity (Wildman–Crippen MR) is 64.3 cm³/mol. The number of hydrogen-bond acceptors (Lipinski definition) is 1. The molecular formula is C12H9ClF3NO2. The molecule has 0 saturated carbocycles. The molecule has 0 aliphatic rings. The summed E-state index contributed by atoms with van der Waals surface area (Å²) in [5.41, 5.74) is -0.685. The number of H-pyrrole nitrogens is 1. The molecule has 1 heterocycles. The third-order valence-corrected chi connectivity index (χ3v) is 2.98. The standard InChI is InChI=1S/C12H9ClF3NO2/c13-6-1-3-9-8(5-6)7(2-4-10(18)19)11(17-9)12(14,15)16/h1,3,5,17H,2,4H2,(H,18,19). The third kappa shape index (κ3) is 2.84. The largest absolute Gasteiger partial charge is 0.481 e. The van der Waals surface area contributed by atoms with Gasteiger partial charge in [-0.05, 0) is 30.2 Å². The van der Waals surface area contributed by atoms with Crippen molar-refractivity contribution in [1.82, 2.24) is 4.98 Å². The molecule has 0 bridgehead atoms. The highest BCUT2D eigenvalue weighted by Gasteiger charge is 2.36. The maximum absolute atomic E-state index is 12.9. The van der Waals surface area contributed by atoms with Crippen molar-refractivity contribution in [2.45, 2.75) is 19.0 Å². The molecule has 0 aliphatic heterocycles. The number of rotatable bonds is 3. The first-order valence-electron chi connectivity index (χ1n) is 5.38. The molecule has 1 aromatic carbocycles. The van der Waals surface area contributed by atoms with Gasteiger partial charge in [-0.1, -0.05) is 11.6 Å². The van der Waals surface area contributed by atoms with Gasteiger partial charge in [0.1, 0.15) is 5.69 Å². The highest BCUT2D eigenvalue weighted by molar-refractivity contribution is 6.31. The van der Waals surface area contributed by atoms with Crippen LogP contribution in [0.15, 0.2) is 18.2 Å². The molecule has 0 spiro atoms. The quantitative estimate of drug-likeness (QED) is 0.902. The number of aromatic nitrogens is 1. The molecule has 0 fully saturated rings. The number of hydrogen-bond donors (Lipinski definition) is 2. The fourth-order valence-corrected chi connectivity index (χ4v) is 2.13. The summed E-state index contributed by atoms with van der Waals surface area (Å²) >= 11 is 5.77. The van der Waals surface area contributed by atoms with Crippen LogP contribution in [0.25, 0.3) is 10.9 Å². The molecule has 3 nitrogen and oxygen atoms in total. The van der Waals surface area contributed by atoms with E-state index >= 15 is 0 Å². The molecule has 19 heavy (non-hydrogen) atoms. The molecule has 7 heteroatoms. The average molecular weight is 292 g/mol. The molecule has 1 aromatic heterocycles. The Labute approximate surface area is 111 Å². The second-order valence-electron chi connectivity index (χ2n) is 4.06. The molecule has 2 N–H and O–H groups in total. The first-order chi connectivity index (χ1) is 8.79. The van der Waals surface area contributed by atoms with Crippen molar-refractivity contribution in [1.29, 1.82) is 0 Å². The van der Waals surface area contributed by atoms with Gasteiger partial charge in [0, 0.05) is 22.3 Å². The minimum absolute atomic E-state index is 0.0626. The van der Waals surface area contributed by atoms with E-state index in [9.17, 15) is 18.0 Å². The molecule has 0 aliphatic carbocycles. The van der Waals surface area contributed by atoms with Crippen molar-refractivity contribution in [3.8, 4) is 0 Å². The lowest BCUT2D eigenvalue weighted by Gasteiger charge is -2.07. The average Bonchev–Trinajstić information content (AvgIpc) is 2.64. The number of aliphatic carboxylic acids is 1. The highest BCUT2D eigenvalue weighted by atomic mass is 35.5. The summed E-state index contributed by atoms with van der Waals surface area (Å²) in [7, 11) is 0. The van der Waals surface area contributed by atoms with E-state index in [4.69, 9.17) is 16.7 Å². The SMILES string of the molecule is O=C(O)CCc1c(C(F)(F)F)[nH]c2ccc(Cl)cc12. The van der Waals surface area contributed by atoms with Crippen LogP contribution in [0, 0.1) is 0 Å². The number of benzene rings is 1. The van der Waals surface area contributed by atoms with Gasteiger partial charge < -0.3 is 10.1 Å². The Morgan fingerprint density at radius 2 is 2.05 bits per heavy atom. The number of aryl methyl sites for hydroxylation is 1. The Morgan fingerprint density at radius 1 is 1.37 bits per heavy atom. The van der Waals surface area contributed by atoms with Crippen LogP contribution in [0.5, 0.6) is 0 Å². The summed E-state index contributed by atoms with van der Waals surface area (Å²) in [6, 6.07) is 4.32. The number of carboxylic acid groups (broad SMARTS) is 1. The van der Waals surface area contributed by atoms with Gasteiger partial charge in [-0.2, -0.15) is 13.2 Å². The van der Waals surface area contributed by atoms with E-state index in [1.165, 1.54) is 18.2 Å². The smallest absolute Gasteiger partial charge is 0.431 e. The summed E-state index contributed by atoms with van der Waals surface area (Å²) < 4.78 is 38.7. The third-order valence-electron chi connectivity index (χ3n) is 2.74. The number of alkyl halides is 3. The minimum Gasteiger partial charge on any atom is -0.481 e. The maximum Gasteiger partial charge on any atom is 0.431 e. The van der Waals surface area contributed by atoms with E-state index < -0.39 is 17.8 Å². The zero-order valence-electron chi connectivity index (χ0n) is 9.51. The van der Waals surface area contributed by atoms with Crippen LogP contribution in [-0.2, 0) is 17.4 Å². The fourth-order valence-electron chi connectivity index (χ4n) is 1.95. The topological polar surface area (TPSA) is 53.1 Å². The number of nitrogens with one attached hydrogen (secondary N) is 1. The van der Waals surface area contributed by atoms with E-state index in [-0.39, 0.29) is 23.9 Å². The van der Waals surface area contributed by atoms with E-state index in [0.29, 0.717) is 10.4 Å². The second-order valence-corrected chi connectivity index (χ2v) is 4.50. The van der Waals surface area contributed by atoms with Gasteiger partial charge in [-0.25, -0.2) is 0 Å². The molecule has 2 rings (SSSR count). The van der Waals surface area contributed by atoms with E-state index in [1.54, 1.807) is 0 Å². The predicted octanol–water partition coefficient (Wildman–Crippen LogP) is 3.86. The summed E-state index contributed by atoms with van der Waals surface area (Å²) in [5.74, 6) is -1.15. The Balaban J connectivity index is 2.59. The fraction of sp³-hybridized carbons (Fsp3) is 0.250. The van der Waals surface area contributed by atoms with Gasteiger partial charge in [0.2, 0.25) is 0 Å².